The Morgan fingerprint density at radius 2 is 1.84 bits per heavy atom. The highest BCUT2D eigenvalue weighted by molar-refractivity contribution is 7.98. The standard InChI is InChI=1S/C29H22Cl2N2O3S2/c1-3-36-28(35)24-25(17-7-5-4-6-8-17)32-29-33(26(24)18-10-13-21(37-2)14-11-18)27(34)23(38-29)15-19-9-12-20(30)16-22(19)31/h4-16,26H,3H2,1-2H3/b23-15-/t26-/m1/s1. The number of fused-ring (bicyclic) bond motifs is 1. The van der Waals surface area contributed by atoms with E-state index in [1.165, 1.54) is 11.3 Å². The van der Waals surface area contributed by atoms with Crippen LogP contribution >= 0.6 is 46.3 Å². The van der Waals surface area contributed by atoms with Gasteiger partial charge in [-0.1, -0.05) is 83.1 Å². The third kappa shape index (κ3) is 5.12. The molecule has 0 radical (unpaired) electrons. The van der Waals surface area contributed by atoms with Crippen LogP contribution in [0, 0.1) is 0 Å². The molecule has 0 unspecified atom stereocenters. The third-order valence-electron chi connectivity index (χ3n) is 6.05. The number of carbonyl (C=O) groups is 1. The molecule has 0 spiro atoms. The Labute approximate surface area is 237 Å². The molecule has 2 heterocycles. The van der Waals surface area contributed by atoms with Crippen LogP contribution in [-0.2, 0) is 9.53 Å². The van der Waals surface area contributed by atoms with Gasteiger partial charge in [-0.25, -0.2) is 9.79 Å². The maximum atomic E-state index is 13.9. The lowest BCUT2D eigenvalue weighted by molar-refractivity contribution is -0.138. The molecule has 0 saturated heterocycles. The van der Waals surface area contributed by atoms with E-state index in [-0.39, 0.29) is 12.2 Å². The highest BCUT2D eigenvalue weighted by Crippen LogP contribution is 2.35. The molecule has 5 nitrogen and oxygen atoms in total. The van der Waals surface area contributed by atoms with E-state index in [9.17, 15) is 9.59 Å². The second-order valence-corrected chi connectivity index (χ2v) is 11.1. The van der Waals surface area contributed by atoms with Crippen molar-refractivity contribution in [1.29, 1.82) is 0 Å². The number of hydrogen-bond donors (Lipinski definition) is 0. The van der Waals surface area contributed by atoms with Gasteiger partial charge in [-0.05, 0) is 54.6 Å². The van der Waals surface area contributed by atoms with E-state index in [2.05, 4.69) is 0 Å². The summed E-state index contributed by atoms with van der Waals surface area (Å²) in [7, 11) is 0. The van der Waals surface area contributed by atoms with Gasteiger partial charge in [0.15, 0.2) is 4.80 Å². The number of rotatable bonds is 6. The molecule has 5 rings (SSSR count). The van der Waals surface area contributed by atoms with Crippen LogP contribution in [0.15, 0.2) is 93.1 Å². The van der Waals surface area contributed by atoms with Crippen molar-refractivity contribution in [2.75, 3.05) is 12.9 Å². The molecule has 3 aromatic carbocycles. The summed E-state index contributed by atoms with van der Waals surface area (Å²) in [5.74, 6) is -0.510. The van der Waals surface area contributed by atoms with Gasteiger partial charge in [-0.2, -0.15) is 0 Å². The summed E-state index contributed by atoms with van der Waals surface area (Å²) in [6.07, 6.45) is 3.73. The van der Waals surface area contributed by atoms with Crippen molar-refractivity contribution < 1.29 is 9.53 Å². The van der Waals surface area contributed by atoms with Crippen LogP contribution in [0.25, 0.3) is 11.8 Å². The minimum absolute atomic E-state index is 0.196. The lowest BCUT2D eigenvalue weighted by Gasteiger charge is -2.26. The van der Waals surface area contributed by atoms with E-state index in [1.807, 2.05) is 60.9 Å². The fourth-order valence-electron chi connectivity index (χ4n) is 4.30. The molecule has 1 atom stereocenters. The van der Waals surface area contributed by atoms with Crippen molar-refractivity contribution in [3.05, 3.63) is 125 Å². The number of esters is 1. The van der Waals surface area contributed by atoms with Crippen molar-refractivity contribution in [3.63, 3.8) is 0 Å². The Kier molecular flexibility index (Phi) is 7.91. The molecule has 0 bridgehead atoms. The Bertz CT molecular complexity index is 1730. The number of thiazole rings is 1. The van der Waals surface area contributed by atoms with Gasteiger partial charge < -0.3 is 4.74 Å². The smallest absolute Gasteiger partial charge is 0.338 e. The molecular weight excluding hydrogens is 559 g/mol. The SMILES string of the molecule is CCOC(=O)C1=C(c2ccccc2)N=c2s/c(=C\c3ccc(Cl)cc3Cl)c(=O)n2[C@@H]1c1ccc(SC)cc1. The number of hydrogen-bond acceptors (Lipinski definition) is 6. The summed E-state index contributed by atoms with van der Waals surface area (Å²) in [5, 5.41) is 0.943. The molecule has 0 amide bonds. The number of aromatic nitrogens is 1. The molecule has 0 N–H and O–H groups in total. The van der Waals surface area contributed by atoms with Gasteiger partial charge in [0.25, 0.3) is 5.56 Å². The molecule has 1 aliphatic heterocycles. The average molecular weight is 582 g/mol. The molecule has 9 heteroatoms. The van der Waals surface area contributed by atoms with Gasteiger partial charge in [0, 0.05) is 20.5 Å². The van der Waals surface area contributed by atoms with Crippen LogP contribution in [0.5, 0.6) is 0 Å². The summed E-state index contributed by atoms with van der Waals surface area (Å²) in [4.78, 5) is 33.8. The van der Waals surface area contributed by atoms with Crippen molar-refractivity contribution >= 4 is 64.0 Å². The molecule has 4 aromatic rings. The van der Waals surface area contributed by atoms with Crippen molar-refractivity contribution in [2.24, 2.45) is 4.99 Å². The van der Waals surface area contributed by atoms with Gasteiger partial charge in [0.1, 0.15) is 0 Å². The normalized spacial score (nSPS) is 15.3. The fraction of sp³-hybridized carbons (Fsp3) is 0.138. The number of benzene rings is 3. The number of nitrogens with zero attached hydrogens (tertiary/aromatic N) is 2. The summed E-state index contributed by atoms with van der Waals surface area (Å²) in [6, 6.07) is 21.7. The molecule has 0 aliphatic carbocycles. The molecule has 192 valence electrons. The quantitative estimate of drug-likeness (QED) is 0.208. The van der Waals surface area contributed by atoms with Gasteiger partial charge >= 0.3 is 5.97 Å². The van der Waals surface area contributed by atoms with E-state index < -0.39 is 12.0 Å². The maximum absolute atomic E-state index is 13.9. The number of halogens is 2. The van der Waals surface area contributed by atoms with E-state index in [0.29, 0.717) is 36.2 Å². The van der Waals surface area contributed by atoms with E-state index in [4.69, 9.17) is 32.9 Å². The van der Waals surface area contributed by atoms with Gasteiger partial charge in [-0.15, -0.1) is 11.8 Å². The van der Waals surface area contributed by atoms with E-state index >= 15 is 0 Å². The number of thioether (sulfide) groups is 1. The van der Waals surface area contributed by atoms with Crippen LogP contribution < -0.4 is 14.9 Å². The van der Waals surface area contributed by atoms with Crippen LogP contribution in [-0.4, -0.2) is 23.4 Å². The second kappa shape index (κ2) is 11.3. The summed E-state index contributed by atoms with van der Waals surface area (Å²) in [5.41, 5.74) is 2.74. The Morgan fingerprint density at radius 1 is 1.11 bits per heavy atom. The van der Waals surface area contributed by atoms with Crippen LogP contribution in [0.2, 0.25) is 10.0 Å². The summed E-state index contributed by atoms with van der Waals surface area (Å²) < 4.78 is 7.52. The minimum Gasteiger partial charge on any atom is -0.463 e. The van der Waals surface area contributed by atoms with Gasteiger partial charge in [0.05, 0.1) is 28.5 Å². The van der Waals surface area contributed by atoms with Crippen molar-refractivity contribution in [3.8, 4) is 0 Å². The summed E-state index contributed by atoms with van der Waals surface area (Å²) in [6.45, 7) is 1.95. The summed E-state index contributed by atoms with van der Waals surface area (Å²) >= 11 is 15.3. The first-order valence-corrected chi connectivity index (χ1v) is 14.6. The Hall–Kier alpha value is -3.10. The van der Waals surface area contributed by atoms with Crippen LogP contribution in [0.3, 0.4) is 0 Å². The predicted molar refractivity (Wildman–Crippen MR) is 156 cm³/mol. The topological polar surface area (TPSA) is 60.7 Å². The molecule has 0 saturated carbocycles. The Morgan fingerprint density at radius 3 is 2.50 bits per heavy atom. The zero-order valence-corrected chi connectivity index (χ0v) is 23.6. The maximum Gasteiger partial charge on any atom is 0.338 e. The zero-order chi connectivity index (χ0) is 26.8. The first-order valence-electron chi connectivity index (χ1n) is 11.8. The molecular formula is C29H22Cl2N2O3S2. The number of ether oxygens (including phenoxy) is 1. The first-order chi connectivity index (χ1) is 18.4. The third-order valence-corrected chi connectivity index (χ3v) is 8.34. The lowest BCUT2D eigenvalue weighted by Crippen LogP contribution is -2.40. The van der Waals surface area contributed by atoms with Crippen molar-refractivity contribution in [1.82, 2.24) is 4.57 Å². The second-order valence-electron chi connectivity index (χ2n) is 8.37. The van der Waals surface area contributed by atoms with Gasteiger partial charge in [0.2, 0.25) is 0 Å². The molecule has 0 fully saturated rings. The highest BCUT2D eigenvalue weighted by Gasteiger charge is 2.35. The lowest BCUT2D eigenvalue weighted by atomic mass is 9.93. The number of carbonyl (C=O) groups excluding carboxylic acids is 1. The monoisotopic (exact) mass is 580 g/mol. The zero-order valence-electron chi connectivity index (χ0n) is 20.5. The predicted octanol–water partition coefficient (Wildman–Crippen LogP) is 5.96. The highest BCUT2D eigenvalue weighted by atomic mass is 35.5. The van der Waals surface area contributed by atoms with Gasteiger partial charge in [-0.3, -0.25) is 9.36 Å². The molecule has 1 aromatic heterocycles. The minimum atomic E-state index is -0.723. The largest absolute Gasteiger partial charge is 0.463 e. The van der Waals surface area contributed by atoms with Crippen LogP contribution in [0.4, 0.5) is 0 Å². The fourth-order valence-corrected chi connectivity index (χ4v) is 6.16. The van der Waals surface area contributed by atoms with E-state index in [0.717, 1.165) is 16.0 Å². The Balaban J connectivity index is 1.82. The van der Waals surface area contributed by atoms with Crippen LogP contribution in [0.1, 0.15) is 29.7 Å². The first kappa shape index (κ1) is 26.5. The van der Waals surface area contributed by atoms with E-state index in [1.54, 1.807) is 47.5 Å². The molecule has 1 aliphatic rings. The molecule has 38 heavy (non-hydrogen) atoms. The van der Waals surface area contributed by atoms with Crippen molar-refractivity contribution in [2.45, 2.75) is 17.9 Å². The average Bonchev–Trinajstić information content (AvgIpc) is 3.24.